The van der Waals surface area contributed by atoms with E-state index in [1.807, 2.05) is 0 Å². The maximum absolute atomic E-state index is 11.8. The van der Waals surface area contributed by atoms with Crippen molar-refractivity contribution in [1.29, 1.82) is 0 Å². The molecular weight excluding hydrogens is 205 g/mol. The minimum atomic E-state index is -4.10. The van der Waals surface area contributed by atoms with Crippen molar-refractivity contribution in [3.05, 3.63) is 0 Å². The van der Waals surface area contributed by atoms with E-state index in [2.05, 4.69) is 31.0 Å². The third kappa shape index (κ3) is 8.69. The number of halogens is 3. The average Bonchev–Trinajstić information content (AvgIpc) is 2.08. The zero-order valence-corrected chi connectivity index (χ0v) is 9.69. The summed E-state index contributed by atoms with van der Waals surface area (Å²) in [6, 6.07) is 0.387. The van der Waals surface area contributed by atoms with Gasteiger partial charge in [-0.1, -0.05) is 6.92 Å². The minimum absolute atomic E-state index is 0.387. The molecule has 0 rings (SSSR count). The molecule has 15 heavy (non-hydrogen) atoms. The monoisotopic (exact) mass is 226 g/mol. The molecule has 0 bridgehead atoms. The van der Waals surface area contributed by atoms with Crippen LogP contribution in [0.3, 0.4) is 0 Å². The standard InChI is InChI=1S/C10H21F3N2/c1-4-6-15(9(2)3)7-5-14-8-10(11,12)13/h9,14H,4-8H2,1-3H3. The van der Waals surface area contributed by atoms with Crippen molar-refractivity contribution in [3.63, 3.8) is 0 Å². The van der Waals surface area contributed by atoms with Gasteiger partial charge in [-0.3, -0.25) is 4.90 Å². The number of nitrogens with zero attached hydrogens (tertiary/aromatic N) is 1. The number of rotatable bonds is 7. The number of nitrogens with one attached hydrogen (secondary N) is 1. The Kier molecular flexibility index (Phi) is 6.92. The molecule has 0 amide bonds. The lowest BCUT2D eigenvalue weighted by Crippen LogP contribution is -2.39. The van der Waals surface area contributed by atoms with Crippen molar-refractivity contribution in [3.8, 4) is 0 Å². The molecule has 0 aromatic carbocycles. The van der Waals surface area contributed by atoms with E-state index in [0.717, 1.165) is 13.0 Å². The highest BCUT2D eigenvalue weighted by atomic mass is 19.4. The first-order valence-corrected chi connectivity index (χ1v) is 5.38. The molecular formula is C10H21F3N2. The van der Waals surface area contributed by atoms with Crippen LogP contribution in [-0.4, -0.2) is 43.3 Å². The first-order chi connectivity index (χ1) is 6.87. The highest BCUT2D eigenvalue weighted by Gasteiger charge is 2.26. The molecule has 0 heterocycles. The maximum Gasteiger partial charge on any atom is 0.401 e. The zero-order valence-electron chi connectivity index (χ0n) is 9.69. The molecule has 2 nitrogen and oxygen atoms in total. The lowest BCUT2D eigenvalue weighted by molar-refractivity contribution is -0.124. The van der Waals surface area contributed by atoms with Crippen LogP contribution in [0.15, 0.2) is 0 Å². The van der Waals surface area contributed by atoms with Crippen LogP contribution >= 0.6 is 0 Å². The average molecular weight is 226 g/mol. The van der Waals surface area contributed by atoms with Gasteiger partial charge in [0.25, 0.3) is 0 Å². The van der Waals surface area contributed by atoms with Crippen LogP contribution in [0.1, 0.15) is 27.2 Å². The fourth-order valence-electron chi connectivity index (χ4n) is 1.37. The Hall–Kier alpha value is -0.290. The smallest absolute Gasteiger partial charge is 0.307 e. The van der Waals surface area contributed by atoms with E-state index in [-0.39, 0.29) is 0 Å². The van der Waals surface area contributed by atoms with Crippen molar-refractivity contribution in [2.75, 3.05) is 26.2 Å². The van der Waals surface area contributed by atoms with E-state index in [1.54, 1.807) is 0 Å². The van der Waals surface area contributed by atoms with Crippen LogP contribution in [-0.2, 0) is 0 Å². The summed E-state index contributed by atoms with van der Waals surface area (Å²) in [6.07, 6.45) is -3.08. The van der Waals surface area contributed by atoms with E-state index in [0.29, 0.717) is 19.1 Å². The first-order valence-electron chi connectivity index (χ1n) is 5.38. The SMILES string of the molecule is CCCN(CCNCC(F)(F)F)C(C)C. The summed E-state index contributed by atoms with van der Waals surface area (Å²) in [4.78, 5) is 2.17. The summed E-state index contributed by atoms with van der Waals surface area (Å²) in [5, 5.41) is 2.40. The summed E-state index contributed by atoms with van der Waals surface area (Å²) < 4.78 is 35.4. The molecule has 5 heteroatoms. The predicted octanol–water partition coefficient (Wildman–Crippen LogP) is 2.26. The Morgan fingerprint density at radius 1 is 1.20 bits per heavy atom. The van der Waals surface area contributed by atoms with Gasteiger partial charge in [0.05, 0.1) is 6.54 Å². The Morgan fingerprint density at radius 3 is 2.20 bits per heavy atom. The quantitative estimate of drug-likeness (QED) is 0.670. The Balaban J connectivity index is 3.62. The molecule has 0 aliphatic rings. The highest BCUT2D eigenvalue weighted by molar-refractivity contribution is 4.64. The largest absolute Gasteiger partial charge is 0.401 e. The van der Waals surface area contributed by atoms with Crippen LogP contribution in [0.2, 0.25) is 0 Å². The zero-order chi connectivity index (χ0) is 11.9. The molecule has 0 radical (unpaired) electrons. The van der Waals surface area contributed by atoms with Crippen molar-refractivity contribution < 1.29 is 13.2 Å². The summed E-state index contributed by atoms with van der Waals surface area (Å²) in [7, 11) is 0. The summed E-state index contributed by atoms with van der Waals surface area (Å²) in [5.74, 6) is 0. The van der Waals surface area contributed by atoms with E-state index in [9.17, 15) is 13.2 Å². The molecule has 0 fully saturated rings. The summed E-state index contributed by atoms with van der Waals surface area (Å²) >= 11 is 0. The third-order valence-electron chi connectivity index (χ3n) is 2.14. The molecule has 0 saturated carbocycles. The second-order valence-corrected chi connectivity index (χ2v) is 3.92. The Labute approximate surface area is 89.8 Å². The van der Waals surface area contributed by atoms with Gasteiger partial charge in [-0.05, 0) is 26.8 Å². The van der Waals surface area contributed by atoms with E-state index >= 15 is 0 Å². The molecule has 0 aromatic rings. The van der Waals surface area contributed by atoms with Gasteiger partial charge in [0, 0.05) is 19.1 Å². The molecule has 1 N–H and O–H groups in total. The minimum Gasteiger partial charge on any atom is -0.307 e. The van der Waals surface area contributed by atoms with Crippen molar-refractivity contribution >= 4 is 0 Å². The van der Waals surface area contributed by atoms with Gasteiger partial charge < -0.3 is 5.32 Å². The number of hydrogen-bond acceptors (Lipinski definition) is 2. The number of alkyl halides is 3. The van der Waals surface area contributed by atoms with E-state index in [1.165, 1.54) is 0 Å². The predicted molar refractivity (Wildman–Crippen MR) is 55.9 cm³/mol. The molecule has 0 unspecified atom stereocenters. The van der Waals surface area contributed by atoms with E-state index in [4.69, 9.17) is 0 Å². The molecule has 0 atom stereocenters. The topological polar surface area (TPSA) is 15.3 Å². The van der Waals surface area contributed by atoms with Gasteiger partial charge in [-0.25, -0.2) is 0 Å². The molecule has 0 saturated heterocycles. The summed E-state index contributed by atoms with van der Waals surface area (Å²) in [5.41, 5.74) is 0. The Morgan fingerprint density at radius 2 is 1.80 bits per heavy atom. The third-order valence-corrected chi connectivity index (χ3v) is 2.14. The van der Waals surface area contributed by atoms with Gasteiger partial charge in [0.2, 0.25) is 0 Å². The fourth-order valence-corrected chi connectivity index (χ4v) is 1.37. The molecule has 0 spiro atoms. The van der Waals surface area contributed by atoms with Gasteiger partial charge in [-0.15, -0.1) is 0 Å². The normalized spacial score (nSPS) is 12.8. The highest BCUT2D eigenvalue weighted by Crippen LogP contribution is 2.11. The van der Waals surface area contributed by atoms with Crippen molar-refractivity contribution in [2.45, 2.75) is 39.4 Å². The van der Waals surface area contributed by atoms with Gasteiger partial charge >= 0.3 is 6.18 Å². The van der Waals surface area contributed by atoms with Crippen molar-refractivity contribution in [2.24, 2.45) is 0 Å². The van der Waals surface area contributed by atoms with Crippen LogP contribution < -0.4 is 5.32 Å². The fraction of sp³-hybridized carbons (Fsp3) is 1.00. The van der Waals surface area contributed by atoms with Gasteiger partial charge in [0.15, 0.2) is 0 Å². The lowest BCUT2D eigenvalue weighted by atomic mass is 10.3. The number of hydrogen-bond donors (Lipinski definition) is 1. The molecule has 0 aliphatic heterocycles. The molecule has 92 valence electrons. The van der Waals surface area contributed by atoms with Crippen molar-refractivity contribution in [1.82, 2.24) is 10.2 Å². The molecule has 0 aliphatic carbocycles. The Bertz CT molecular complexity index is 157. The summed E-state index contributed by atoms with van der Waals surface area (Å²) in [6.45, 7) is 7.27. The second-order valence-electron chi connectivity index (χ2n) is 3.92. The second kappa shape index (κ2) is 7.06. The van der Waals surface area contributed by atoms with Crippen LogP contribution in [0.4, 0.5) is 13.2 Å². The van der Waals surface area contributed by atoms with Gasteiger partial charge in [0.1, 0.15) is 0 Å². The van der Waals surface area contributed by atoms with Crippen LogP contribution in [0.25, 0.3) is 0 Å². The first kappa shape index (κ1) is 14.7. The van der Waals surface area contributed by atoms with E-state index < -0.39 is 12.7 Å². The van der Waals surface area contributed by atoms with Gasteiger partial charge in [-0.2, -0.15) is 13.2 Å². The molecule has 0 aromatic heterocycles. The lowest BCUT2D eigenvalue weighted by Gasteiger charge is -2.26. The van der Waals surface area contributed by atoms with Crippen LogP contribution in [0.5, 0.6) is 0 Å². The maximum atomic E-state index is 11.8. The van der Waals surface area contributed by atoms with Crippen LogP contribution in [0, 0.1) is 0 Å².